The maximum absolute atomic E-state index is 5.54. The minimum Gasteiger partial charge on any atom is -0.381 e. The Bertz CT molecular complexity index is 198. The van der Waals surface area contributed by atoms with Crippen molar-refractivity contribution in [2.45, 2.75) is 45.1 Å². The Labute approximate surface area is 105 Å². The summed E-state index contributed by atoms with van der Waals surface area (Å²) < 4.78 is 10.9. The van der Waals surface area contributed by atoms with Crippen LogP contribution in [0.5, 0.6) is 0 Å². The number of hydrogen-bond donors (Lipinski definition) is 1. The third-order valence-electron chi connectivity index (χ3n) is 4.26. The summed E-state index contributed by atoms with van der Waals surface area (Å²) in [4.78, 5) is 0. The number of hydrogen-bond acceptors (Lipinski definition) is 3. The zero-order chi connectivity index (χ0) is 11.9. The van der Waals surface area contributed by atoms with Crippen molar-refractivity contribution in [2.75, 3.05) is 33.0 Å². The standard InChI is InChI=1S/C14H27NO2/c1-12(14-3-2-8-17-11-14)15-7-4-13-5-9-16-10-6-13/h12-15H,2-11H2,1H3/t12-,14+/m1/s1. The minimum absolute atomic E-state index is 0.607. The lowest BCUT2D eigenvalue weighted by atomic mass is 9.93. The predicted octanol–water partition coefficient (Wildman–Crippen LogP) is 2.21. The highest BCUT2D eigenvalue weighted by Gasteiger charge is 2.20. The molecule has 0 bridgehead atoms. The van der Waals surface area contributed by atoms with Gasteiger partial charge in [0.15, 0.2) is 0 Å². The van der Waals surface area contributed by atoms with Crippen molar-refractivity contribution in [3.8, 4) is 0 Å². The Morgan fingerprint density at radius 1 is 1.12 bits per heavy atom. The molecule has 2 atom stereocenters. The van der Waals surface area contributed by atoms with Crippen molar-refractivity contribution in [3.63, 3.8) is 0 Å². The Kier molecular flexibility index (Phi) is 5.75. The SMILES string of the molecule is C[C@@H](NCCC1CCOCC1)[C@H]1CCCOC1. The predicted molar refractivity (Wildman–Crippen MR) is 69.2 cm³/mol. The van der Waals surface area contributed by atoms with E-state index in [9.17, 15) is 0 Å². The molecule has 0 amide bonds. The fourth-order valence-electron chi connectivity index (χ4n) is 2.88. The maximum Gasteiger partial charge on any atom is 0.0509 e. The molecule has 2 aliphatic heterocycles. The van der Waals surface area contributed by atoms with Gasteiger partial charge in [-0.2, -0.15) is 0 Å². The molecule has 0 saturated carbocycles. The van der Waals surface area contributed by atoms with E-state index in [4.69, 9.17) is 9.47 Å². The molecular formula is C14H27NO2. The Morgan fingerprint density at radius 3 is 2.65 bits per heavy atom. The van der Waals surface area contributed by atoms with Crippen LogP contribution in [0.15, 0.2) is 0 Å². The molecule has 0 aromatic carbocycles. The van der Waals surface area contributed by atoms with Gasteiger partial charge >= 0.3 is 0 Å². The lowest BCUT2D eigenvalue weighted by molar-refractivity contribution is 0.0406. The van der Waals surface area contributed by atoms with Crippen molar-refractivity contribution in [3.05, 3.63) is 0 Å². The van der Waals surface area contributed by atoms with Crippen LogP contribution in [0.25, 0.3) is 0 Å². The Balaban J connectivity index is 1.57. The molecular weight excluding hydrogens is 214 g/mol. The second-order valence-electron chi connectivity index (χ2n) is 5.56. The van der Waals surface area contributed by atoms with Crippen LogP contribution >= 0.6 is 0 Å². The van der Waals surface area contributed by atoms with E-state index in [1.54, 1.807) is 0 Å². The fourth-order valence-corrected chi connectivity index (χ4v) is 2.88. The van der Waals surface area contributed by atoms with Crippen LogP contribution in [0.1, 0.15) is 39.0 Å². The molecule has 0 aromatic rings. The second kappa shape index (κ2) is 7.34. The molecule has 17 heavy (non-hydrogen) atoms. The monoisotopic (exact) mass is 241 g/mol. The molecule has 2 saturated heterocycles. The quantitative estimate of drug-likeness (QED) is 0.800. The molecule has 100 valence electrons. The van der Waals surface area contributed by atoms with Gasteiger partial charge in [-0.05, 0) is 57.4 Å². The third-order valence-corrected chi connectivity index (χ3v) is 4.26. The molecule has 3 nitrogen and oxygen atoms in total. The van der Waals surface area contributed by atoms with E-state index in [1.807, 2.05) is 0 Å². The zero-order valence-corrected chi connectivity index (χ0v) is 11.1. The topological polar surface area (TPSA) is 30.5 Å². The van der Waals surface area contributed by atoms with Gasteiger partial charge < -0.3 is 14.8 Å². The van der Waals surface area contributed by atoms with Crippen LogP contribution in [0.2, 0.25) is 0 Å². The zero-order valence-electron chi connectivity index (χ0n) is 11.1. The van der Waals surface area contributed by atoms with E-state index in [0.717, 1.165) is 44.8 Å². The molecule has 3 heteroatoms. The van der Waals surface area contributed by atoms with Crippen LogP contribution in [-0.4, -0.2) is 39.0 Å². The van der Waals surface area contributed by atoms with E-state index in [0.29, 0.717) is 6.04 Å². The van der Waals surface area contributed by atoms with Gasteiger partial charge in [-0.15, -0.1) is 0 Å². The molecule has 2 rings (SSSR count). The lowest BCUT2D eigenvalue weighted by Gasteiger charge is -2.29. The van der Waals surface area contributed by atoms with Gasteiger partial charge in [-0.1, -0.05) is 0 Å². The first-order chi connectivity index (χ1) is 8.36. The van der Waals surface area contributed by atoms with Gasteiger partial charge in [0.05, 0.1) is 6.61 Å². The average Bonchev–Trinajstić information content (AvgIpc) is 2.41. The van der Waals surface area contributed by atoms with Crippen LogP contribution in [0.4, 0.5) is 0 Å². The molecule has 2 fully saturated rings. The molecule has 2 heterocycles. The van der Waals surface area contributed by atoms with Crippen molar-refractivity contribution in [1.82, 2.24) is 5.32 Å². The second-order valence-corrected chi connectivity index (χ2v) is 5.56. The van der Waals surface area contributed by atoms with E-state index in [1.165, 1.54) is 32.1 Å². The van der Waals surface area contributed by atoms with E-state index in [2.05, 4.69) is 12.2 Å². The maximum atomic E-state index is 5.54. The summed E-state index contributed by atoms with van der Waals surface area (Å²) in [5, 5.41) is 3.68. The summed E-state index contributed by atoms with van der Waals surface area (Å²) in [5.41, 5.74) is 0. The van der Waals surface area contributed by atoms with E-state index >= 15 is 0 Å². The summed E-state index contributed by atoms with van der Waals surface area (Å²) in [7, 11) is 0. The molecule has 2 aliphatic rings. The van der Waals surface area contributed by atoms with Gasteiger partial charge in [0.25, 0.3) is 0 Å². The van der Waals surface area contributed by atoms with Crippen molar-refractivity contribution in [1.29, 1.82) is 0 Å². The first-order valence-electron chi connectivity index (χ1n) is 7.25. The molecule has 0 radical (unpaired) electrons. The van der Waals surface area contributed by atoms with Gasteiger partial charge in [-0.3, -0.25) is 0 Å². The molecule has 0 spiro atoms. The number of nitrogens with one attached hydrogen (secondary N) is 1. The van der Waals surface area contributed by atoms with Crippen molar-refractivity contribution >= 4 is 0 Å². The highest BCUT2D eigenvalue weighted by Crippen LogP contribution is 2.19. The summed E-state index contributed by atoms with van der Waals surface area (Å²) in [6.45, 7) is 7.32. The smallest absolute Gasteiger partial charge is 0.0509 e. The highest BCUT2D eigenvalue weighted by molar-refractivity contribution is 4.75. The Hall–Kier alpha value is -0.120. The van der Waals surface area contributed by atoms with Gasteiger partial charge in [0.2, 0.25) is 0 Å². The summed E-state index contributed by atoms with van der Waals surface area (Å²) in [6.07, 6.45) is 6.37. The van der Waals surface area contributed by atoms with Gasteiger partial charge in [0, 0.05) is 25.9 Å². The molecule has 0 unspecified atom stereocenters. The molecule has 1 N–H and O–H groups in total. The molecule has 0 aliphatic carbocycles. The van der Waals surface area contributed by atoms with E-state index in [-0.39, 0.29) is 0 Å². The normalized spacial score (nSPS) is 29.1. The van der Waals surface area contributed by atoms with Crippen LogP contribution in [0.3, 0.4) is 0 Å². The van der Waals surface area contributed by atoms with Gasteiger partial charge in [0.1, 0.15) is 0 Å². The lowest BCUT2D eigenvalue weighted by Crippen LogP contribution is -2.39. The summed E-state index contributed by atoms with van der Waals surface area (Å²) in [5.74, 6) is 1.60. The van der Waals surface area contributed by atoms with E-state index < -0.39 is 0 Å². The summed E-state index contributed by atoms with van der Waals surface area (Å²) in [6, 6.07) is 0.607. The Morgan fingerprint density at radius 2 is 1.94 bits per heavy atom. The molecule has 0 aromatic heterocycles. The average molecular weight is 241 g/mol. The summed E-state index contributed by atoms with van der Waals surface area (Å²) >= 11 is 0. The number of ether oxygens (including phenoxy) is 2. The highest BCUT2D eigenvalue weighted by atomic mass is 16.5. The van der Waals surface area contributed by atoms with Crippen molar-refractivity contribution < 1.29 is 9.47 Å². The minimum atomic E-state index is 0.607. The van der Waals surface area contributed by atoms with Crippen molar-refractivity contribution in [2.24, 2.45) is 11.8 Å². The number of rotatable bonds is 5. The first kappa shape index (κ1) is 13.3. The largest absolute Gasteiger partial charge is 0.381 e. The van der Waals surface area contributed by atoms with Gasteiger partial charge in [-0.25, -0.2) is 0 Å². The van der Waals surface area contributed by atoms with Crippen LogP contribution in [-0.2, 0) is 9.47 Å². The van der Waals surface area contributed by atoms with Crippen LogP contribution in [0, 0.1) is 11.8 Å². The van der Waals surface area contributed by atoms with Crippen LogP contribution < -0.4 is 5.32 Å². The fraction of sp³-hybridized carbons (Fsp3) is 1.00. The first-order valence-corrected chi connectivity index (χ1v) is 7.25. The third kappa shape index (κ3) is 4.57.